The lowest BCUT2D eigenvalue weighted by molar-refractivity contribution is -0.139. The number of hydrogen-bond donors (Lipinski definition) is 2. The van der Waals surface area contributed by atoms with Crippen LogP contribution in [0.15, 0.2) is 53.7 Å². The van der Waals surface area contributed by atoms with Gasteiger partial charge >= 0.3 is 12.1 Å². The van der Waals surface area contributed by atoms with Crippen molar-refractivity contribution < 1.29 is 27.9 Å². The fourth-order valence-corrected chi connectivity index (χ4v) is 2.27. The molecule has 0 aliphatic heterocycles. The highest BCUT2D eigenvalue weighted by Crippen LogP contribution is 2.29. The van der Waals surface area contributed by atoms with Crippen molar-refractivity contribution in [3.05, 3.63) is 70.8 Å². The number of nitrogens with two attached hydrogens (primary N) is 1. The van der Waals surface area contributed by atoms with Crippen molar-refractivity contribution in [3.8, 4) is 0 Å². The van der Waals surface area contributed by atoms with Gasteiger partial charge in [0.1, 0.15) is 12.6 Å². The number of oxime groups is 1. The van der Waals surface area contributed by atoms with Gasteiger partial charge in [0.2, 0.25) is 0 Å². The van der Waals surface area contributed by atoms with Crippen molar-refractivity contribution in [1.29, 1.82) is 0 Å². The third-order valence-corrected chi connectivity index (χ3v) is 3.69. The van der Waals surface area contributed by atoms with Gasteiger partial charge in [-0.25, -0.2) is 0 Å². The lowest BCUT2D eigenvalue weighted by Crippen LogP contribution is -2.22. The standard InChI is InChI=1S/C18H17F3N2O3/c1-11(12-6-4-7-14(9-12)18(19,20)21)23-26-10-13-5-2-3-8-15(13)16(22)17(24)25/h2-9,16H,10,22H2,1H3,(H,24,25). The third-order valence-electron chi connectivity index (χ3n) is 3.69. The first-order chi connectivity index (χ1) is 12.2. The van der Waals surface area contributed by atoms with E-state index in [1.165, 1.54) is 19.1 Å². The van der Waals surface area contributed by atoms with Crippen LogP contribution >= 0.6 is 0 Å². The van der Waals surface area contributed by atoms with E-state index in [0.29, 0.717) is 11.1 Å². The van der Waals surface area contributed by atoms with Gasteiger partial charge in [-0.3, -0.25) is 4.79 Å². The van der Waals surface area contributed by atoms with E-state index in [1.807, 2.05) is 0 Å². The predicted octanol–water partition coefficient (Wildman–Crippen LogP) is 3.73. The molecule has 0 heterocycles. The maximum atomic E-state index is 12.8. The number of aliphatic carboxylic acids is 1. The van der Waals surface area contributed by atoms with E-state index in [4.69, 9.17) is 15.7 Å². The SMILES string of the molecule is CC(=NOCc1ccccc1C(N)C(=O)O)c1cccc(C(F)(F)F)c1. The molecular weight excluding hydrogens is 349 g/mol. The molecule has 0 saturated carbocycles. The summed E-state index contributed by atoms with van der Waals surface area (Å²) in [7, 11) is 0. The highest BCUT2D eigenvalue weighted by Gasteiger charge is 2.30. The molecule has 3 N–H and O–H groups in total. The van der Waals surface area contributed by atoms with E-state index < -0.39 is 23.8 Å². The molecule has 0 aliphatic carbocycles. The molecule has 0 saturated heterocycles. The Kier molecular flexibility index (Phi) is 5.99. The Morgan fingerprint density at radius 2 is 1.92 bits per heavy atom. The molecule has 1 atom stereocenters. The van der Waals surface area contributed by atoms with Crippen molar-refractivity contribution >= 4 is 11.7 Å². The van der Waals surface area contributed by atoms with Gasteiger partial charge in [0.15, 0.2) is 0 Å². The van der Waals surface area contributed by atoms with Gasteiger partial charge in [-0.05, 0) is 35.7 Å². The first kappa shape index (κ1) is 19.5. The van der Waals surface area contributed by atoms with Gasteiger partial charge in [0, 0.05) is 0 Å². The Bertz CT molecular complexity index is 819. The minimum absolute atomic E-state index is 0.0620. The third kappa shape index (κ3) is 4.82. The summed E-state index contributed by atoms with van der Waals surface area (Å²) in [6.45, 7) is 1.46. The highest BCUT2D eigenvalue weighted by molar-refractivity contribution is 5.98. The largest absolute Gasteiger partial charge is 0.480 e. The zero-order valence-electron chi connectivity index (χ0n) is 13.8. The van der Waals surface area contributed by atoms with Gasteiger partial charge in [-0.2, -0.15) is 13.2 Å². The Hall–Kier alpha value is -2.87. The lowest BCUT2D eigenvalue weighted by atomic mass is 10.0. The van der Waals surface area contributed by atoms with E-state index in [2.05, 4.69) is 5.16 Å². The molecule has 0 fully saturated rings. The van der Waals surface area contributed by atoms with E-state index in [0.717, 1.165) is 12.1 Å². The van der Waals surface area contributed by atoms with Gasteiger partial charge in [-0.15, -0.1) is 0 Å². The second kappa shape index (κ2) is 8.01. The summed E-state index contributed by atoms with van der Waals surface area (Å²) in [6.07, 6.45) is -4.44. The molecule has 1 unspecified atom stereocenters. The monoisotopic (exact) mass is 366 g/mol. The van der Waals surface area contributed by atoms with Gasteiger partial charge in [0.05, 0.1) is 11.3 Å². The molecule has 2 rings (SSSR count). The Labute approximate surface area is 147 Å². The molecule has 0 radical (unpaired) electrons. The highest BCUT2D eigenvalue weighted by atomic mass is 19.4. The first-order valence-electron chi connectivity index (χ1n) is 7.60. The van der Waals surface area contributed by atoms with Crippen molar-refractivity contribution in [1.82, 2.24) is 0 Å². The molecule has 2 aromatic carbocycles. The molecule has 2 aromatic rings. The van der Waals surface area contributed by atoms with Crippen LogP contribution in [0, 0.1) is 0 Å². The van der Waals surface area contributed by atoms with Crippen LogP contribution in [0.25, 0.3) is 0 Å². The number of alkyl halides is 3. The maximum absolute atomic E-state index is 12.8. The number of carboxylic acid groups (broad SMARTS) is 1. The Morgan fingerprint density at radius 3 is 2.58 bits per heavy atom. The average Bonchev–Trinajstić information content (AvgIpc) is 2.60. The second-order valence-electron chi connectivity index (χ2n) is 5.54. The summed E-state index contributed by atoms with van der Waals surface area (Å²) in [5, 5.41) is 12.8. The summed E-state index contributed by atoms with van der Waals surface area (Å²) >= 11 is 0. The van der Waals surface area contributed by atoms with E-state index in [-0.39, 0.29) is 17.9 Å². The minimum atomic E-state index is -4.44. The van der Waals surface area contributed by atoms with Crippen molar-refractivity contribution in [2.75, 3.05) is 0 Å². The quantitative estimate of drug-likeness (QED) is 0.603. The lowest BCUT2D eigenvalue weighted by Gasteiger charge is -2.12. The van der Waals surface area contributed by atoms with E-state index in [9.17, 15) is 18.0 Å². The number of carboxylic acids is 1. The van der Waals surface area contributed by atoms with Gasteiger partial charge in [-0.1, -0.05) is 41.6 Å². The molecule has 0 aliphatic rings. The first-order valence-corrected chi connectivity index (χ1v) is 7.60. The molecule has 26 heavy (non-hydrogen) atoms. The number of hydrogen-bond acceptors (Lipinski definition) is 4. The average molecular weight is 366 g/mol. The van der Waals surface area contributed by atoms with E-state index in [1.54, 1.807) is 24.3 Å². The molecular formula is C18H17F3N2O3. The molecule has 5 nitrogen and oxygen atoms in total. The summed E-state index contributed by atoms with van der Waals surface area (Å²) < 4.78 is 38.3. The minimum Gasteiger partial charge on any atom is -0.480 e. The summed E-state index contributed by atoms with van der Waals surface area (Å²) in [4.78, 5) is 16.2. The molecule has 8 heteroatoms. The smallest absolute Gasteiger partial charge is 0.416 e. The van der Waals surface area contributed by atoms with Gasteiger partial charge in [0.25, 0.3) is 0 Å². The fraction of sp³-hybridized carbons (Fsp3) is 0.222. The van der Waals surface area contributed by atoms with Crippen molar-refractivity contribution in [2.45, 2.75) is 25.7 Å². The number of nitrogens with zero attached hydrogens (tertiary/aromatic N) is 1. The van der Waals surface area contributed by atoms with Gasteiger partial charge < -0.3 is 15.7 Å². The maximum Gasteiger partial charge on any atom is 0.416 e. The Balaban J connectivity index is 2.13. The van der Waals surface area contributed by atoms with Crippen LogP contribution < -0.4 is 5.73 Å². The molecule has 138 valence electrons. The molecule has 0 bridgehead atoms. The number of halogens is 3. The second-order valence-corrected chi connectivity index (χ2v) is 5.54. The topological polar surface area (TPSA) is 84.9 Å². The predicted molar refractivity (Wildman–Crippen MR) is 89.5 cm³/mol. The van der Waals surface area contributed by atoms with Crippen molar-refractivity contribution in [2.24, 2.45) is 10.9 Å². The normalized spacial score (nSPS) is 13.3. The zero-order chi connectivity index (χ0) is 19.3. The van der Waals surface area contributed by atoms with Crippen LogP contribution in [0.3, 0.4) is 0 Å². The fourth-order valence-electron chi connectivity index (χ4n) is 2.27. The van der Waals surface area contributed by atoms with E-state index >= 15 is 0 Å². The Morgan fingerprint density at radius 1 is 1.23 bits per heavy atom. The summed E-state index contributed by atoms with van der Waals surface area (Å²) in [5.74, 6) is -1.18. The molecule has 0 amide bonds. The number of rotatable bonds is 6. The summed E-state index contributed by atoms with van der Waals surface area (Å²) in [6, 6.07) is 10.1. The molecule has 0 spiro atoms. The van der Waals surface area contributed by atoms with Crippen LogP contribution in [0.2, 0.25) is 0 Å². The summed E-state index contributed by atoms with van der Waals surface area (Å²) in [5.41, 5.74) is 6.29. The van der Waals surface area contributed by atoms with Crippen LogP contribution in [-0.4, -0.2) is 16.8 Å². The zero-order valence-corrected chi connectivity index (χ0v) is 13.8. The van der Waals surface area contributed by atoms with Crippen LogP contribution in [-0.2, 0) is 22.4 Å². The van der Waals surface area contributed by atoms with Crippen LogP contribution in [0.4, 0.5) is 13.2 Å². The van der Waals surface area contributed by atoms with Crippen LogP contribution in [0.5, 0.6) is 0 Å². The molecule has 0 aromatic heterocycles. The number of carbonyl (C=O) groups is 1. The van der Waals surface area contributed by atoms with Crippen LogP contribution in [0.1, 0.15) is 35.2 Å². The number of benzene rings is 2. The van der Waals surface area contributed by atoms with Crippen molar-refractivity contribution in [3.63, 3.8) is 0 Å².